The number of likely N-dealkylation sites (tertiary alicyclic amines) is 1. The van der Waals surface area contributed by atoms with E-state index in [0.717, 1.165) is 38.2 Å². The highest BCUT2D eigenvalue weighted by atomic mass is 16.2. The first-order valence-corrected chi connectivity index (χ1v) is 8.89. The zero-order valence-corrected chi connectivity index (χ0v) is 13.9. The van der Waals surface area contributed by atoms with Crippen LogP contribution in [-0.2, 0) is 11.3 Å². The number of nitrogens with one attached hydrogen (secondary N) is 1. The van der Waals surface area contributed by atoms with E-state index in [2.05, 4.69) is 39.6 Å². The van der Waals surface area contributed by atoms with Crippen molar-refractivity contribution < 1.29 is 4.79 Å². The average Bonchev–Trinajstić information content (AvgIpc) is 3.25. The highest BCUT2D eigenvalue weighted by molar-refractivity contribution is 5.79. The summed E-state index contributed by atoms with van der Waals surface area (Å²) in [4.78, 5) is 14.6. The summed E-state index contributed by atoms with van der Waals surface area (Å²) in [6.45, 7) is 2.96. The molecule has 1 aliphatic heterocycles. The number of carbonyl (C=O) groups excluding carboxylic acids is 1. The van der Waals surface area contributed by atoms with Gasteiger partial charge in [0, 0.05) is 30.9 Å². The summed E-state index contributed by atoms with van der Waals surface area (Å²) < 4.78 is 1.87. The molecule has 5 nitrogen and oxygen atoms in total. The van der Waals surface area contributed by atoms with E-state index < -0.39 is 0 Å². The SMILES string of the molecule is O=C(NC1CC1)C1CCN(Cc2ccc(-n3cccn3)cc2)CC1. The van der Waals surface area contributed by atoms with Gasteiger partial charge in [0.25, 0.3) is 0 Å². The molecule has 5 heteroatoms. The van der Waals surface area contributed by atoms with E-state index in [9.17, 15) is 4.79 Å². The molecule has 1 N–H and O–H groups in total. The molecule has 126 valence electrons. The van der Waals surface area contributed by atoms with Crippen LogP contribution in [-0.4, -0.2) is 39.7 Å². The maximum atomic E-state index is 12.1. The van der Waals surface area contributed by atoms with Gasteiger partial charge in [0.1, 0.15) is 0 Å². The Morgan fingerprint density at radius 3 is 2.50 bits per heavy atom. The predicted molar refractivity (Wildman–Crippen MR) is 92.7 cm³/mol. The molecule has 2 aliphatic rings. The van der Waals surface area contributed by atoms with Gasteiger partial charge < -0.3 is 5.32 Å². The number of carbonyl (C=O) groups is 1. The first kappa shape index (κ1) is 15.4. The minimum absolute atomic E-state index is 0.212. The Labute approximate surface area is 142 Å². The van der Waals surface area contributed by atoms with Gasteiger partial charge in [0.15, 0.2) is 0 Å². The number of piperidine rings is 1. The molecule has 0 spiro atoms. The third-order valence-electron chi connectivity index (χ3n) is 4.99. The molecule has 2 heterocycles. The van der Waals surface area contributed by atoms with E-state index in [4.69, 9.17) is 0 Å². The second-order valence-corrected chi connectivity index (χ2v) is 6.95. The van der Waals surface area contributed by atoms with Gasteiger partial charge in [-0.15, -0.1) is 0 Å². The summed E-state index contributed by atoms with van der Waals surface area (Å²) in [6.07, 6.45) is 8.02. The Bertz CT molecular complexity index is 668. The van der Waals surface area contributed by atoms with Crippen LogP contribution >= 0.6 is 0 Å². The van der Waals surface area contributed by atoms with Crippen LogP contribution in [0.2, 0.25) is 0 Å². The zero-order valence-electron chi connectivity index (χ0n) is 13.9. The van der Waals surface area contributed by atoms with Crippen molar-refractivity contribution in [2.24, 2.45) is 5.92 Å². The first-order valence-electron chi connectivity index (χ1n) is 8.89. The molecule has 0 bridgehead atoms. The normalized spacial score (nSPS) is 19.3. The van der Waals surface area contributed by atoms with E-state index in [1.54, 1.807) is 6.20 Å². The van der Waals surface area contributed by atoms with Crippen molar-refractivity contribution in [3.8, 4) is 5.69 Å². The van der Waals surface area contributed by atoms with Crippen molar-refractivity contribution in [1.82, 2.24) is 20.0 Å². The molecular weight excluding hydrogens is 300 g/mol. The van der Waals surface area contributed by atoms with Crippen LogP contribution in [0.5, 0.6) is 0 Å². The molecular formula is C19H24N4O. The van der Waals surface area contributed by atoms with Crippen LogP contribution in [0.1, 0.15) is 31.2 Å². The standard InChI is InChI=1S/C19H24N4O/c24-19(21-17-4-5-17)16-8-12-22(13-9-16)14-15-2-6-18(7-3-15)23-11-1-10-20-23/h1-3,6-7,10-11,16-17H,4-5,8-9,12-14H2,(H,21,24). The van der Waals surface area contributed by atoms with Gasteiger partial charge in [-0.3, -0.25) is 9.69 Å². The Hall–Kier alpha value is -2.14. The third kappa shape index (κ3) is 3.67. The van der Waals surface area contributed by atoms with Crippen LogP contribution < -0.4 is 5.32 Å². The summed E-state index contributed by atoms with van der Waals surface area (Å²) in [5, 5.41) is 7.39. The van der Waals surface area contributed by atoms with Crippen molar-refractivity contribution in [1.29, 1.82) is 0 Å². The van der Waals surface area contributed by atoms with E-state index in [0.29, 0.717) is 6.04 Å². The molecule has 1 aromatic heterocycles. The molecule has 2 fully saturated rings. The number of benzene rings is 1. The lowest BCUT2D eigenvalue weighted by molar-refractivity contribution is -0.126. The number of nitrogens with zero attached hydrogens (tertiary/aromatic N) is 3. The van der Waals surface area contributed by atoms with Gasteiger partial charge in [-0.1, -0.05) is 12.1 Å². The predicted octanol–water partition coefficient (Wildman–Crippen LogP) is 2.36. The summed E-state index contributed by atoms with van der Waals surface area (Å²) in [5.41, 5.74) is 2.39. The van der Waals surface area contributed by atoms with Gasteiger partial charge >= 0.3 is 0 Å². The Kier molecular flexibility index (Phi) is 4.34. The van der Waals surface area contributed by atoms with Crippen LogP contribution in [0.15, 0.2) is 42.7 Å². The Morgan fingerprint density at radius 2 is 1.88 bits per heavy atom. The summed E-state index contributed by atoms with van der Waals surface area (Å²) in [5.74, 6) is 0.491. The lowest BCUT2D eigenvalue weighted by Crippen LogP contribution is -2.40. The second kappa shape index (κ2) is 6.77. The Balaban J connectivity index is 1.28. The number of amides is 1. The largest absolute Gasteiger partial charge is 0.353 e. The molecule has 1 aliphatic carbocycles. The Morgan fingerprint density at radius 1 is 1.12 bits per heavy atom. The molecule has 2 aromatic rings. The molecule has 1 amide bonds. The average molecular weight is 324 g/mol. The quantitative estimate of drug-likeness (QED) is 0.918. The van der Waals surface area contributed by atoms with Crippen LogP contribution in [0.4, 0.5) is 0 Å². The maximum absolute atomic E-state index is 12.1. The fraction of sp³-hybridized carbons (Fsp3) is 0.474. The summed E-state index contributed by atoms with van der Waals surface area (Å²) >= 11 is 0. The number of aromatic nitrogens is 2. The molecule has 4 rings (SSSR count). The van der Waals surface area contributed by atoms with E-state index >= 15 is 0 Å². The molecule has 0 radical (unpaired) electrons. The fourth-order valence-corrected chi connectivity index (χ4v) is 3.33. The molecule has 0 atom stereocenters. The minimum Gasteiger partial charge on any atom is -0.353 e. The summed E-state index contributed by atoms with van der Waals surface area (Å²) in [7, 11) is 0. The smallest absolute Gasteiger partial charge is 0.223 e. The van der Waals surface area contributed by atoms with Gasteiger partial charge in [-0.2, -0.15) is 5.10 Å². The van der Waals surface area contributed by atoms with Crippen molar-refractivity contribution >= 4 is 5.91 Å². The minimum atomic E-state index is 0.212. The van der Waals surface area contributed by atoms with Crippen molar-refractivity contribution in [2.75, 3.05) is 13.1 Å². The van der Waals surface area contributed by atoms with E-state index in [1.165, 1.54) is 18.4 Å². The third-order valence-corrected chi connectivity index (χ3v) is 4.99. The second-order valence-electron chi connectivity index (χ2n) is 6.95. The fourth-order valence-electron chi connectivity index (χ4n) is 3.33. The van der Waals surface area contributed by atoms with Crippen LogP contribution in [0.3, 0.4) is 0 Å². The molecule has 1 saturated carbocycles. The van der Waals surface area contributed by atoms with Crippen LogP contribution in [0.25, 0.3) is 5.69 Å². The maximum Gasteiger partial charge on any atom is 0.223 e. The molecule has 1 aromatic carbocycles. The number of hydrogen-bond acceptors (Lipinski definition) is 3. The van der Waals surface area contributed by atoms with Crippen molar-refractivity contribution in [2.45, 2.75) is 38.3 Å². The van der Waals surface area contributed by atoms with Gasteiger partial charge in [0.05, 0.1) is 5.69 Å². The number of rotatable bonds is 5. The van der Waals surface area contributed by atoms with Gasteiger partial charge in [0.2, 0.25) is 5.91 Å². The van der Waals surface area contributed by atoms with E-state index in [-0.39, 0.29) is 11.8 Å². The van der Waals surface area contributed by atoms with Crippen molar-refractivity contribution in [3.05, 3.63) is 48.3 Å². The molecule has 0 unspecified atom stereocenters. The lowest BCUT2D eigenvalue weighted by Gasteiger charge is -2.31. The highest BCUT2D eigenvalue weighted by Crippen LogP contribution is 2.23. The van der Waals surface area contributed by atoms with Crippen molar-refractivity contribution in [3.63, 3.8) is 0 Å². The lowest BCUT2D eigenvalue weighted by atomic mass is 9.95. The van der Waals surface area contributed by atoms with Crippen LogP contribution in [0, 0.1) is 5.92 Å². The number of hydrogen-bond donors (Lipinski definition) is 1. The monoisotopic (exact) mass is 324 g/mol. The molecule has 24 heavy (non-hydrogen) atoms. The van der Waals surface area contributed by atoms with Gasteiger partial charge in [-0.25, -0.2) is 4.68 Å². The topological polar surface area (TPSA) is 50.2 Å². The van der Waals surface area contributed by atoms with Gasteiger partial charge in [-0.05, 0) is 62.5 Å². The highest BCUT2D eigenvalue weighted by Gasteiger charge is 2.29. The van der Waals surface area contributed by atoms with E-state index in [1.807, 2.05) is 16.9 Å². The molecule has 1 saturated heterocycles. The summed E-state index contributed by atoms with van der Waals surface area (Å²) in [6, 6.07) is 11.0. The first-order chi connectivity index (χ1) is 11.8. The zero-order chi connectivity index (χ0) is 16.4.